The van der Waals surface area contributed by atoms with E-state index >= 15 is 0 Å². The van der Waals surface area contributed by atoms with Gasteiger partial charge in [0, 0.05) is 4.88 Å². The monoisotopic (exact) mass is 457 g/mol. The number of nitriles is 1. The van der Waals surface area contributed by atoms with E-state index in [-0.39, 0.29) is 12.0 Å². The number of nitrogens with one attached hydrogen (secondary N) is 1. The van der Waals surface area contributed by atoms with Crippen LogP contribution in [0.3, 0.4) is 0 Å². The summed E-state index contributed by atoms with van der Waals surface area (Å²) in [5.41, 5.74) is 5.14. The number of carbonyl (C=O) groups excluding carboxylic acids is 2. The van der Waals surface area contributed by atoms with E-state index in [1.165, 1.54) is 29.4 Å². The smallest absolute Gasteiger partial charge is 0.339 e. The number of rotatable bonds is 5. The number of aromatic nitrogens is 1. The molecule has 0 aliphatic heterocycles. The highest BCUT2D eigenvalue weighted by atomic mass is 32.1. The van der Waals surface area contributed by atoms with E-state index in [0.29, 0.717) is 21.7 Å². The number of nitrogens with zero attached hydrogens (tertiary/aromatic N) is 2. The minimum Gasteiger partial charge on any atom is -0.449 e. The molecule has 1 aliphatic rings. The van der Waals surface area contributed by atoms with Crippen LogP contribution in [-0.2, 0) is 22.4 Å². The minimum atomic E-state index is -0.999. The molecule has 0 fully saturated rings. The maximum atomic E-state index is 13.0. The highest BCUT2D eigenvalue weighted by molar-refractivity contribution is 7.20. The van der Waals surface area contributed by atoms with E-state index < -0.39 is 18.0 Å². The third-order valence-electron chi connectivity index (χ3n) is 5.74. The average Bonchev–Trinajstić information content (AvgIpc) is 3.45. The van der Waals surface area contributed by atoms with Gasteiger partial charge in [-0.1, -0.05) is 31.2 Å². The average molecular weight is 458 g/mol. The van der Waals surface area contributed by atoms with Crippen molar-refractivity contribution in [1.29, 1.82) is 5.26 Å². The SMILES string of the molecule is CCC(OC(=O)c1ccc2ncoc2c1)C(=O)Nc1sc2c(c1C#N)CCc1ccccc1-2. The lowest BCUT2D eigenvalue weighted by Crippen LogP contribution is -2.32. The van der Waals surface area contributed by atoms with Gasteiger partial charge >= 0.3 is 5.97 Å². The van der Waals surface area contributed by atoms with Gasteiger partial charge in [0.2, 0.25) is 0 Å². The molecule has 4 aromatic rings. The number of carbonyl (C=O) groups is 2. The number of hydrogen-bond donors (Lipinski definition) is 1. The van der Waals surface area contributed by atoms with Crippen molar-refractivity contribution in [2.24, 2.45) is 0 Å². The first kappa shape index (κ1) is 20.9. The summed E-state index contributed by atoms with van der Waals surface area (Å²) in [7, 11) is 0. The Kier molecular flexibility index (Phi) is 5.40. The second kappa shape index (κ2) is 8.52. The number of thiophene rings is 1. The summed E-state index contributed by atoms with van der Waals surface area (Å²) in [6.07, 6.45) is 2.19. The Labute approximate surface area is 193 Å². The molecule has 2 aromatic carbocycles. The fourth-order valence-corrected chi connectivity index (χ4v) is 5.30. The molecule has 0 saturated carbocycles. The summed E-state index contributed by atoms with van der Waals surface area (Å²) < 4.78 is 10.7. The van der Waals surface area contributed by atoms with E-state index in [1.54, 1.807) is 19.1 Å². The van der Waals surface area contributed by atoms with Crippen LogP contribution in [-0.4, -0.2) is 23.0 Å². The Hall–Kier alpha value is -3.96. The van der Waals surface area contributed by atoms with Gasteiger partial charge in [-0.2, -0.15) is 5.26 Å². The summed E-state index contributed by atoms with van der Waals surface area (Å²) in [6, 6.07) is 15.1. The van der Waals surface area contributed by atoms with Crippen LogP contribution >= 0.6 is 11.3 Å². The Morgan fingerprint density at radius 2 is 2.12 bits per heavy atom. The molecule has 1 aliphatic carbocycles. The zero-order valence-corrected chi connectivity index (χ0v) is 18.6. The van der Waals surface area contributed by atoms with Crippen molar-refractivity contribution in [1.82, 2.24) is 4.98 Å². The van der Waals surface area contributed by atoms with Crippen LogP contribution in [0.2, 0.25) is 0 Å². The van der Waals surface area contributed by atoms with Gasteiger partial charge in [-0.15, -0.1) is 11.3 Å². The van der Waals surface area contributed by atoms with E-state index in [0.717, 1.165) is 28.8 Å². The zero-order valence-electron chi connectivity index (χ0n) is 17.8. The molecular formula is C25H19N3O4S. The Morgan fingerprint density at radius 3 is 2.94 bits per heavy atom. The van der Waals surface area contributed by atoms with E-state index in [9.17, 15) is 14.9 Å². The number of oxazole rings is 1. The first-order valence-corrected chi connectivity index (χ1v) is 11.4. The predicted octanol–water partition coefficient (Wildman–Crippen LogP) is 5.10. The summed E-state index contributed by atoms with van der Waals surface area (Å²) in [5, 5.41) is 13.1. The Balaban J connectivity index is 1.37. The van der Waals surface area contributed by atoms with Crippen LogP contribution < -0.4 is 5.32 Å². The van der Waals surface area contributed by atoms with Gasteiger partial charge in [0.05, 0.1) is 11.1 Å². The van der Waals surface area contributed by atoms with Gasteiger partial charge in [-0.25, -0.2) is 9.78 Å². The van der Waals surface area contributed by atoms with Crippen molar-refractivity contribution in [2.45, 2.75) is 32.3 Å². The van der Waals surface area contributed by atoms with Crippen molar-refractivity contribution in [3.8, 4) is 16.5 Å². The third kappa shape index (κ3) is 3.77. The maximum Gasteiger partial charge on any atom is 0.339 e. The van der Waals surface area contributed by atoms with E-state index in [4.69, 9.17) is 9.15 Å². The number of anilines is 1. The van der Waals surface area contributed by atoms with Crippen molar-refractivity contribution in [3.05, 3.63) is 71.1 Å². The normalized spacial score (nSPS) is 13.0. The number of amides is 1. The fraction of sp³-hybridized carbons (Fsp3) is 0.200. The number of benzene rings is 2. The van der Waals surface area contributed by atoms with Gasteiger partial charge < -0.3 is 14.5 Å². The highest BCUT2D eigenvalue weighted by Crippen LogP contribution is 2.44. The number of aryl methyl sites for hydroxylation is 1. The molecule has 1 amide bonds. The molecule has 0 bridgehead atoms. The van der Waals surface area contributed by atoms with Gasteiger partial charge in [-0.3, -0.25) is 4.79 Å². The molecule has 2 heterocycles. The van der Waals surface area contributed by atoms with Gasteiger partial charge in [0.25, 0.3) is 5.91 Å². The first-order chi connectivity index (χ1) is 16.1. The molecule has 0 spiro atoms. The summed E-state index contributed by atoms with van der Waals surface area (Å²) in [5.74, 6) is -1.09. The third-order valence-corrected chi connectivity index (χ3v) is 6.92. The van der Waals surface area contributed by atoms with Crippen molar-refractivity contribution >= 4 is 39.3 Å². The van der Waals surface area contributed by atoms with Crippen LogP contribution in [0.1, 0.15) is 40.4 Å². The zero-order chi connectivity index (χ0) is 22.9. The quantitative estimate of drug-likeness (QED) is 0.418. The van der Waals surface area contributed by atoms with Crippen molar-refractivity contribution in [3.63, 3.8) is 0 Å². The molecule has 33 heavy (non-hydrogen) atoms. The number of esters is 1. The number of ether oxygens (including phenoxy) is 1. The van der Waals surface area contributed by atoms with E-state index in [2.05, 4.69) is 22.4 Å². The standard InChI is InChI=1S/C25H19N3O4S/c1-2-20(32-25(30)15-8-10-19-21(11-15)31-13-27-19)23(29)28-24-18(12-26)17-9-7-14-5-3-4-6-16(14)22(17)33-24/h3-6,8,10-11,13,20H,2,7,9H2,1H3,(H,28,29). The second-order valence-corrected chi connectivity index (χ2v) is 8.73. The lowest BCUT2D eigenvalue weighted by atomic mass is 9.90. The van der Waals surface area contributed by atoms with Gasteiger partial charge in [-0.05, 0) is 54.2 Å². The molecular weight excluding hydrogens is 438 g/mol. The number of hydrogen-bond acceptors (Lipinski definition) is 7. The maximum absolute atomic E-state index is 13.0. The highest BCUT2D eigenvalue weighted by Gasteiger charge is 2.28. The lowest BCUT2D eigenvalue weighted by Gasteiger charge is -2.16. The molecule has 5 rings (SSSR count). The van der Waals surface area contributed by atoms with Crippen molar-refractivity contribution < 1.29 is 18.7 Å². The summed E-state index contributed by atoms with van der Waals surface area (Å²) in [4.78, 5) is 30.7. The molecule has 0 saturated heterocycles. The molecule has 1 N–H and O–H groups in total. The molecule has 0 radical (unpaired) electrons. The van der Waals surface area contributed by atoms with E-state index in [1.807, 2.05) is 18.2 Å². The number of fused-ring (bicyclic) bond motifs is 4. The lowest BCUT2D eigenvalue weighted by molar-refractivity contribution is -0.124. The molecule has 1 atom stereocenters. The molecule has 2 aromatic heterocycles. The Bertz CT molecular complexity index is 1430. The largest absolute Gasteiger partial charge is 0.449 e. The Morgan fingerprint density at radius 1 is 1.27 bits per heavy atom. The topological polar surface area (TPSA) is 105 Å². The second-order valence-electron chi connectivity index (χ2n) is 7.71. The van der Waals surface area contributed by atoms with Crippen LogP contribution in [0.25, 0.3) is 21.5 Å². The molecule has 1 unspecified atom stereocenters. The fourth-order valence-electron chi connectivity index (χ4n) is 4.04. The summed E-state index contributed by atoms with van der Waals surface area (Å²) >= 11 is 1.39. The molecule has 8 heteroatoms. The van der Waals surface area contributed by atoms with Crippen LogP contribution in [0.5, 0.6) is 0 Å². The molecule has 164 valence electrons. The van der Waals surface area contributed by atoms with Crippen LogP contribution in [0.15, 0.2) is 53.3 Å². The van der Waals surface area contributed by atoms with Gasteiger partial charge in [0.1, 0.15) is 16.6 Å². The predicted molar refractivity (Wildman–Crippen MR) is 124 cm³/mol. The van der Waals surface area contributed by atoms with Crippen LogP contribution in [0, 0.1) is 11.3 Å². The first-order valence-electron chi connectivity index (χ1n) is 10.6. The summed E-state index contributed by atoms with van der Waals surface area (Å²) in [6.45, 7) is 1.76. The minimum absolute atomic E-state index is 0.270. The van der Waals surface area contributed by atoms with Crippen molar-refractivity contribution in [2.75, 3.05) is 5.32 Å². The van der Waals surface area contributed by atoms with Gasteiger partial charge in [0.15, 0.2) is 18.1 Å². The molecule has 7 nitrogen and oxygen atoms in total. The van der Waals surface area contributed by atoms with Crippen LogP contribution in [0.4, 0.5) is 5.00 Å².